The summed E-state index contributed by atoms with van der Waals surface area (Å²) in [5.74, 6) is -6.19. The number of rotatable bonds is 0. The molecular formula is C9H4F4. The highest BCUT2D eigenvalue weighted by Gasteiger charge is 2.43. The second-order valence-corrected chi connectivity index (χ2v) is 2.85. The summed E-state index contributed by atoms with van der Waals surface area (Å²) in [6, 6.07) is 3.00. The average Bonchev–Trinajstić information content (AvgIpc) is 2.35. The zero-order valence-electron chi connectivity index (χ0n) is 6.37. The Labute approximate surface area is 72.2 Å². The Balaban J connectivity index is 2.68. The Hall–Kier alpha value is -1.06. The molecule has 0 aliphatic heterocycles. The van der Waals surface area contributed by atoms with E-state index in [1.165, 1.54) is 0 Å². The summed E-state index contributed by atoms with van der Waals surface area (Å²) in [6.07, 6.45) is 0.615. The molecule has 0 N–H and O–H groups in total. The van der Waals surface area contributed by atoms with E-state index in [0.717, 1.165) is 6.07 Å². The highest BCUT2D eigenvalue weighted by molar-refractivity contribution is 5.40. The largest absolute Gasteiger partial charge is 0.280 e. The summed E-state index contributed by atoms with van der Waals surface area (Å²) in [5.41, 5.74) is -0.743. The van der Waals surface area contributed by atoms with Crippen molar-refractivity contribution in [2.24, 2.45) is 0 Å². The van der Waals surface area contributed by atoms with Crippen molar-refractivity contribution in [1.82, 2.24) is 0 Å². The minimum Gasteiger partial charge on any atom is -0.203 e. The van der Waals surface area contributed by atoms with E-state index in [1.54, 1.807) is 0 Å². The van der Waals surface area contributed by atoms with Crippen LogP contribution in [0.1, 0.15) is 11.1 Å². The van der Waals surface area contributed by atoms with Gasteiger partial charge in [0.15, 0.2) is 11.6 Å². The van der Waals surface area contributed by atoms with Gasteiger partial charge in [-0.2, -0.15) is 0 Å². The molecular weight excluding hydrogens is 184 g/mol. The first-order valence-electron chi connectivity index (χ1n) is 3.63. The Bertz CT molecular complexity index is 357. The number of hydrogen-bond acceptors (Lipinski definition) is 0. The van der Waals surface area contributed by atoms with E-state index in [9.17, 15) is 17.6 Å². The zero-order valence-corrected chi connectivity index (χ0v) is 6.37. The number of alkyl halides is 2. The Morgan fingerprint density at radius 1 is 1.31 bits per heavy atom. The van der Waals surface area contributed by atoms with Crippen molar-refractivity contribution < 1.29 is 17.6 Å². The van der Waals surface area contributed by atoms with Gasteiger partial charge in [0.25, 0.3) is 5.92 Å². The summed E-state index contributed by atoms with van der Waals surface area (Å²) in [7, 11) is 0. The van der Waals surface area contributed by atoms with Crippen molar-refractivity contribution in [2.75, 3.05) is 0 Å². The molecule has 1 aliphatic carbocycles. The molecule has 0 amide bonds. The van der Waals surface area contributed by atoms with Gasteiger partial charge in [-0.25, -0.2) is 17.6 Å². The molecule has 2 rings (SSSR count). The molecule has 1 aliphatic rings. The smallest absolute Gasteiger partial charge is 0.203 e. The fourth-order valence-corrected chi connectivity index (χ4v) is 1.40. The maximum Gasteiger partial charge on any atom is 0.280 e. The fraction of sp³-hybridized carbons (Fsp3) is 0.222. The second-order valence-electron chi connectivity index (χ2n) is 2.85. The van der Waals surface area contributed by atoms with Crippen LogP contribution >= 0.6 is 0 Å². The summed E-state index contributed by atoms with van der Waals surface area (Å²) < 4.78 is 51.2. The van der Waals surface area contributed by atoms with E-state index in [-0.39, 0.29) is 12.0 Å². The number of benzene rings is 1. The van der Waals surface area contributed by atoms with E-state index in [4.69, 9.17) is 0 Å². The van der Waals surface area contributed by atoms with Crippen LogP contribution in [0, 0.1) is 24.1 Å². The number of hydrogen-bond donors (Lipinski definition) is 0. The van der Waals surface area contributed by atoms with E-state index in [1.807, 2.05) is 6.07 Å². The van der Waals surface area contributed by atoms with E-state index >= 15 is 0 Å². The molecule has 0 saturated heterocycles. The molecule has 0 fully saturated rings. The van der Waals surface area contributed by atoms with Crippen LogP contribution in [0.3, 0.4) is 0 Å². The van der Waals surface area contributed by atoms with Gasteiger partial charge in [0.05, 0.1) is 5.56 Å². The minimum atomic E-state index is -3.35. The van der Waals surface area contributed by atoms with Crippen LogP contribution in [0.25, 0.3) is 0 Å². The molecule has 4 heteroatoms. The van der Waals surface area contributed by atoms with Crippen LogP contribution in [0.2, 0.25) is 0 Å². The lowest BCUT2D eigenvalue weighted by molar-refractivity contribution is 0.0349. The fourth-order valence-electron chi connectivity index (χ4n) is 1.40. The molecule has 0 heterocycles. The van der Waals surface area contributed by atoms with Crippen LogP contribution in [0.5, 0.6) is 0 Å². The lowest BCUT2D eigenvalue weighted by atomic mass is 10.1. The number of fused-ring (bicyclic) bond motifs is 1. The third-order valence-electron chi connectivity index (χ3n) is 2.02. The second kappa shape index (κ2) is 2.47. The van der Waals surface area contributed by atoms with E-state index in [2.05, 4.69) is 0 Å². The molecule has 68 valence electrons. The average molecular weight is 188 g/mol. The lowest BCUT2D eigenvalue weighted by Crippen LogP contribution is -2.11. The standard InChI is InChI=1S/C9H4F4/c10-6-2-1-5-3-4-9(12,13)7(5)8(6)11/h1,4H,3H2. The van der Waals surface area contributed by atoms with Gasteiger partial charge in [-0.1, -0.05) is 0 Å². The first kappa shape index (κ1) is 8.53. The predicted octanol–water partition coefficient (Wildman–Crippen LogP) is 2.62. The molecule has 0 atom stereocenters. The van der Waals surface area contributed by atoms with Crippen molar-refractivity contribution in [3.05, 3.63) is 41.3 Å². The van der Waals surface area contributed by atoms with Crippen molar-refractivity contribution in [3.8, 4) is 0 Å². The van der Waals surface area contributed by atoms with Crippen LogP contribution < -0.4 is 0 Å². The highest BCUT2D eigenvalue weighted by Crippen LogP contribution is 2.42. The monoisotopic (exact) mass is 188 g/mol. The van der Waals surface area contributed by atoms with Crippen molar-refractivity contribution in [1.29, 1.82) is 0 Å². The van der Waals surface area contributed by atoms with E-state index < -0.39 is 23.1 Å². The lowest BCUT2D eigenvalue weighted by Gasteiger charge is -2.10. The predicted molar refractivity (Wildman–Crippen MR) is 37.1 cm³/mol. The first-order chi connectivity index (χ1) is 6.02. The maximum absolute atomic E-state index is 12.9. The normalized spacial score (nSPS) is 18.8. The van der Waals surface area contributed by atoms with Gasteiger partial charge in [-0.05, 0) is 18.1 Å². The number of halogens is 4. The van der Waals surface area contributed by atoms with Crippen LogP contribution in [0.15, 0.2) is 6.07 Å². The summed E-state index contributed by atoms with van der Waals surface area (Å²) in [6.45, 7) is 0. The van der Waals surface area contributed by atoms with Crippen molar-refractivity contribution in [2.45, 2.75) is 12.3 Å². The minimum absolute atomic E-state index is 0.0456. The molecule has 13 heavy (non-hydrogen) atoms. The molecule has 0 nitrogen and oxygen atoms in total. The molecule has 0 bridgehead atoms. The summed E-state index contributed by atoms with van der Waals surface area (Å²) in [5, 5.41) is 0. The molecule has 1 aromatic rings. The van der Waals surface area contributed by atoms with Gasteiger partial charge < -0.3 is 0 Å². The van der Waals surface area contributed by atoms with Gasteiger partial charge in [-0.15, -0.1) is 0 Å². The Morgan fingerprint density at radius 3 is 2.69 bits per heavy atom. The third-order valence-corrected chi connectivity index (χ3v) is 2.02. The molecule has 0 saturated carbocycles. The third kappa shape index (κ3) is 1.12. The van der Waals surface area contributed by atoms with Crippen molar-refractivity contribution in [3.63, 3.8) is 0 Å². The van der Waals surface area contributed by atoms with Gasteiger partial charge >= 0.3 is 0 Å². The SMILES string of the molecule is Fc1[c]cc2c(c1F)C(F)(F)[CH]C2. The maximum atomic E-state index is 12.9. The molecule has 0 spiro atoms. The zero-order chi connectivity index (χ0) is 9.64. The molecule has 2 radical (unpaired) electrons. The van der Waals surface area contributed by atoms with Crippen LogP contribution in [0.4, 0.5) is 17.6 Å². The van der Waals surface area contributed by atoms with Crippen LogP contribution in [-0.4, -0.2) is 0 Å². The van der Waals surface area contributed by atoms with E-state index in [0.29, 0.717) is 6.42 Å². The first-order valence-corrected chi connectivity index (χ1v) is 3.63. The van der Waals surface area contributed by atoms with Crippen LogP contribution in [-0.2, 0) is 12.3 Å². The summed E-state index contributed by atoms with van der Waals surface area (Å²) in [4.78, 5) is 0. The molecule has 0 unspecified atom stereocenters. The topological polar surface area (TPSA) is 0 Å². The Morgan fingerprint density at radius 2 is 2.00 bits per heavy atom. The summed E-state index contributed by atoms with van der Waals surface area (Å²) >= 11 is 0. The quantitative estimate of drug-likeness (QED) is 0.549. The molecule has 0 aromatic heterocycles. The van der Waals surface area contributed by atoms with Gasteiger partial charge in [0, 0.05) is 12.5 Å². The van der Waals surface area contributed by atoms with Gasteiger partial charge in [0.1, 0.15) is 0 Å². The van der Waals surface area contributed by atoms with Gasteiger partial charge in [0.2, 0.25) is 0 Å². The highest BCUT2D eigenvalue weighted by atomic mass is 19.3. The van der Waals surface area contributed by atoms with Crippen molar-refractivity contribution >= 4 is 0 Å². The van der Waals surface area contributed by atoms with Gasteiger partial charge in [-0.3, -0.25) is 0 Å². The molecule has 1 aromatic carbocycles. The Kier molecular flexibility index (Phi) is 1.62.